The molecule has 1 N–H and O–H groups in total. The third kappa shape index (κ3) is 5.05. The van der Waals surface area contributed by atoms with Crippen LogP contribution in [-0.4, -0.2) is 20.7 Å². The zero-order chi connectivity index (χ0) is 23.2. The summed E-state index contributed by atoms with van der Waals surface area (Å²) in [6.07, 6.45) is 1.96. The number of ether oxygens (including phenoxy) is 1. The fourth-order valence-corrected chi connectivity index (χ4v) is 4.10. The molecule has 168 valence electrons. The van der Waals surface area contributed by atoms with E-state index in [9.17, 15) is 4.79 Å². The Morgan fingerprint density at radius 1 is 0.971 bits per heavy atom. The molecule has 3 aromatic carbocycles. The summed E-state index contributed by atoms with van der Waals surface area (Å²) < 4.78 is 7.63. The Morgan fingerprint density at radius 2 is 1.76 bits per heavy atom. The minimum Gasteiger partial charge on any atom is -0.487 e. The summed E-state index contributed by atoms with van der Waals surface area (Å²) >= 11 is 1.52. The van der Waals surface area contributed by atoms with Gasteiger partial charge in [0, 0.05) is 34.8 Å². The van der Waals surface area contributed by atoms with Crippen LogP contribution in [0.2, 0.25) is 0 Å². The molecule has 2 aromatic heterocycles. The van der Waals surface area contributed by atoms with Crippen molar-refractivity contribution in [3.63, 3.8) is 0 Å². The number of hydrogen-bond donors (Lipinski definition) is 1. The van der Waals surface area contributed by atoms with Gasteiger partial charge in [0.15, 0.2) is 0 Å². The van der Waals surface area contributed by atoms with Crippen LogP contribution in [-0.2, 0) is 13.2 Å². The Hall–Kier alpha value is -4.23. The van der Waals surface area contributed by atoms with Gasteiger partial charge in [0.1, 0.15) is 12.4 Å². The van der Waals surface area contributed by atoms with Crippen molar-refractivity contribution < 1.29 is 9.53 Å². The van der Waals surface area contributed by atoms with E-state index in [2.05, 4.69) is 10.3 Å². The minimum atomic E-state index is -0.175. The highest BCUT2D eigenvalue weighted by Crippen LogP contribution is 2.24. The first-order chi connectivity index (χ1) is 16.8. The van der Waals surface area contributed by atoms with Crippen molar-refractivity contribution in [3.8, 4) is 22.7 Å². The number of aromatic nitrogens is 3. The average Bonchev–Trinajstić information content (AvgIpc) is 3.58. The largest absolute Gasteiger partial charge is 0.487 e. The van der Waals surface area contributed by atoms with E-state index in [0.717, 1.165) is 28.2 Å². The molecular formula is C27H22N4O2S. The van der Waals surface area contributed by atoms with Gasteiger partial charge in [-0.2, -0.15) is 5.10 Å². The van der Waals surface area contributed by atoms with E-state index in [4.69, 9.17) is 9.84 Å². The molecule has 34 heavy (non-hydrogen) atoms. The maximum absolute atomic E-state index is 12.9. The lowest BCUT2D eigenvalue weighted by Gasteiger charge is -2.08. The molecule has 6 nitrogen and oxygen atoms in total. The standard InChI is InChI=1S/C27H22N4O2S/c32-27(21-10-7-13-25(14-21)33-17-23-18-34-19-29-23)28-15-22-16-31(24-11-5-2-6-12-24)30-26(22)20-8-3-1-4-9-20/h1-14,16,18-19H,15,17H2,(H,28,32). The monoisotopic (exact) mass is 466 g/mol. The van der Waals surface area contributed by atoms with Crippen molar-refractivity contribution in [3.05, 3.63) is 119 Å². The predicted octanol–water partition coefficient (Wildman–Crippen LogP) is 5.50. The first-order valence-electron chi connectivity index (χ1n) is 10.8. The maximum atomic E-state index is 12.9. The summed E-state index contributed by atoms with van der Waals surface area (Å²) in [4.78, 5) is 17.1. The molecule has 0 saturated carbocycles. The first kappa shape index (κ1) is 21.6. The van der Waals surface area contributed by atoms with Crippen LogP contribution in [0.3, 0.4) is 0 Å². The van der Waals surface area contributed by atoms with Crippen LogP contribution < -0.4 is 10.1 Å². The molecule has 0 aliphatic rings. The fourth-order valence-electron chi connectivity index (χ4n) is 3.56. The molecule has 0 atom stereocenters. The minimum absolute atomic E-state index is 0.175. The maximum Gasteiger partial charge on any atom is 0.251 e. The Kier molecular flexibility index (Phi) is 6.45. The van der Waals surface area contributed by atoms with Crippen LogP contribution in [0.1, 0.15) is 21.6 Å². The normalized spacial score (nSPS) is 10.7. The van der Waals surface area contributed by atoms with Crippen molar-refractivity contribution in [2.75, 3.05) is 0 Å². The first-order valence-corrected chi connectivity index (χ1v) is 11.8. The van der Waals surface area contributed by atoms with Crippen LogP contribution in [0, 0.1) is 0 Å². The molecule has 2 heterocycles. The van der Waals surface area contributed by atoms with Crippen molar-refractivity contribution in [1.29, 1.82) is 0 Å². The van der Waals surface area contributed by atoms with Gasteiger partial charge in [-0.1, -0.05) is 54.6 Å². The van der Waals surface area contributed by atoms with E-state index in [0.29, 0.717) is 24.5 Å². The number of benzene rings is 3. The number of thiazole rings is 1. The molecule has 0 aliphatic heterocycles. The van der Waals surface area contributed by atoms with E-state index in [1.165, 1.54) is 11.3 Å². The van der Waals surface area contributed by atoms with E-state index in [1.807, 2.05) is 89.1 Å². The zero-order valence-corrected chi connectivity index (χ0v) is 19.1. The van der Waals surface area contributed by atoms with Crippen molar-refractivity contribution in [1.82, 2.24) is 20.1 Å². The van der Waals surface area contributed by atoms with E-state index < -0.39 is 0 Å². The molecule has 0 fully saturated rings. The lowest BCUT2D eigenvalue weighted by molar-refractivity contribution is 0.0950. The van der Waals surface area contributed by atoms with E-state index in [1.54, 1.807) is 17.6 Å². The summed E-state index contributed by atoms with van der Waals surface area (Å²) in [5.41, 5.74) is 6.90. The fraction of sp³-hybridized carbons (Fsp3) is 0.0741. The Bertz CT molecular complexity index is 1370. The van der Waals surface area contributed by atoms with Crippen LogP contribution in [0.15, 0.2) is 102 Å². The molecule has 0 unspecified atom stereocenters. The molecule has 1 amide bonds. The second kappa shape index (κ2) is 10.1. The molecule has 5 aromatic rings. The highest BCUT2D eigenvalue weighted by Gasteiger charge is 2.14. The van der Waals surface area contributed by atoms with Gasteiger partial charge in [-0.05, 0) is 30.3 Å². The third-order valence-electron chi connectivity index (χ3n) is 5.26. The van der Waals surface area contributed by atoms with Gasteiger partial charge < -0.3 is 10.1 Å². The van der Waals surface area contributed by atoms with Gasteiger partial charge in [-0.3, -0.25) is 4.79 Å². The number of para-hydroxylation sites is 1. The number of amides is 1. The van der Waals surface area contributed by atoms with Gasteiger partial charge in [0.25, 0.3) is 5.91 Å². The molecule has 0 aliphatic carbocycles. The van der Waals surface area contributed by atoms with Gasteiger partial charge in [0.05, 0.1) is 22.6 Å². The number of carbonyl (C=O) groups excluding carboxylic acids is 1. The summed E-state index contributed by atoms with van der Waals surface area (Å²) in [6.45, 7) is 0.716. The number of hydrogen-bond acceptors (Lipinski definition) is 5. The quantitative estimate of drug-likeness (QED) is 0.328. The van der Waals surface area contributed by atoms with Crippen LogP contribution in [0.25, 0.3) is 16.9 Å². The van der Waals surface area contributed by atoms with Gasteiger partial charge in [-0.15, -0.1) is 11.3 Å². The average molecular weight is 467 g/mol. The molecule has 0 bridgehead atoms. The summed E-state index contributed by atoms with van der Waals surface area (Å²) in [6, 6.07) is 27.1. The smallest absolute Gasteiger partial charge is 0.251 e. The lowest BCUT2D eigenvalue weighted by Crippen LogP contribution is -2.22. The Morgan fingerprint density at radius 3 is 2.53 bits per heavy atom. The Balaban J connectivity index is 1.33. The lowest BCUT2D eigenvalue weighted by atomic mass is 10.1. The van der Waals surface area contributed by atoms with Gasteiger partial charge >= 0.3 is 0 Å². The number of rotatable bonds is 8. The highest BCUT2D eigenvalue weighted by molar-refractivity contribution is 7.07. The molecule has 0 spiro atoms. The van der Waals surface area contributed by atoms with Crippen molar-refractivity contribution in [2.45, 2.75) is 13.2 Å². The van der Waals surface area contributed by atoms with Crippen LogP contribution in [0.5, 0.6) is 5.75 Å². The summed E-state index contributed by atoms with van der Waals surface area (Å²) in [5.74, 6) is 0.452. The van der Waals surface area contributed by atoms with Gasteiger partial charge in [0.2, 0.25) is 0 Å². The molecule has 7 heteroatoms. The van der Waals surface area contributed by atoms with Crippen molar-refractivity contribution >= 4 is 17.2 Å². The number of nitrogens with one attached hydrogen (secondary N) is 1. The molecule has 5 rings (SSSR count). The molecular weight excluding hydrogens is 444 g/mol. The Labute approximate surface area is 201 Å². The highest BCUT2D eigenvalue weighted by atomic mass is 32.1. The van der Waals surface area contributed by atoms with Crippen molar-refractivity contribution in [2.24, 2.45) is 0 Å². The van der Waals surface area contributed by atoms with Gasteiger partial charge in [-0.25, -0.2) is 9.67 Å². The topological polar surface area (TPSA) is 69.0 Å². The summed E-state index contributed by atoms with van der Waals surface area (Å²) in [7, 11) is 0. The molecule has 0 saturated heterocycles. The van der Waals surface area contributed by atoms with E-state index >= 15 is 0 Å². The van der Waals surface area contributed by atoms with E-state index in [-0.39, 0.29) is 5.91 Å². The predicted molar refractivity (Wildman–Crippen MR) is 133 cm³/mol. The second-order valence-electron chi connectivity index (χ2n) is 7.63. The third-order valence-corrected chi connectivity index (χ3v) is 5.90. The molecule has 0 radical (unpaired) electrons. The second-order valence-corrected chi connectivity index (χ2v) is 8.35. The van der Waals surface area contributed by atoms with Crippen LogP contribution in [0.4, 0.5) is 0 Å². The number of carbonyl (C=O) groups is 1. The summed E-state index contributed by atoms with van der Waals surface area (Å²) in [5, 5.41) is 9.77. The number of nitrogens with zero attached hydrogens (tertiary/aromatic N) is 3. The zero-order valence-electron chi connectivity index (χ0n) is 18.3. The SMILES string of the molecule is O=C(NCc1cn(-c2ccccc2)nc1-c1ccccc1)c1cccc(OCc2cscn2)c1. The van der Waals surface area contributed by atoms with Crippen LogP contribution >= 0.6 is 11.3 Å².